The number of hydrogen-bond donors (Lipinski definition) is 0. The number of alkyl halides is 2. The van der Waals surface area contributed by atoms with E-state index in [0.29, 0.717) is 5.92 Å². The Kier molecular flexibility index (Phi) is 4.79. The van der Waals surface area contributed by atoms with E-state index in [9.17, 15) is 13.6 Å². The van der Waals surface area contributed by atoms with Gasteiger partial charge in [-0.2, -0.15) is 0 Å². The third-order valence-electron chi connectivity index (χ3n) is 5.63. The first-order chi connectivity index (χ1) is 12.0. The minimum absolute atomic E-state index is 0.000399. The molecule has 25 heavy (non-hydrogen) atoms. The second-order valence-electron chi connectivity index (χ2n) is 7.68. The second kappa shape index (κ2) is 6.91. The third kappa shape index (κ3) is 4.19. The largest absolute Gasteiger partial charge is 0.342 e. The predicted molar refractivity (Wildman–Crippen MR) is 92.9 cm³/mol. The molecule has 0 unspecified atom stereocenters. The van der Waals surface area contributed by atoms with Crippen molar-refractivity contribution in [2.75, 3.05) is 26.2 Å². The van der Waals surface area contributed by atoms with Gasteiger partial charge in [0, 0.05) is 49.7 Å². The fourth-order valence-electron chi connectivity index (χ4n) is 3.79. The molecule has 7 heteroatoms. The molecule has 0 bridgehead atoms. The van der Waals surface area contributed by atoms with Gasteiger partial charge in [0.05, 0.1) is 10.7 Å². The molecule has 4 nitrogen and oxygen atoms in total. The van der Waals surface area contributed by atoms with Crippen LogP contribution in [0.25, 0.3) is 0 Å². The van der Waals surface area contributed by atoms with Crippen LogP contribution in [0.2, 0.25) is 0 Å². The van der Waals surface area contributed by atoms with Crippen LogP contribution in [-0.2, 0) is 11.3 Å². The number of carbonyl (C=O) groups excluding carboxylic acids is 1. The van der Waals surface area contributed by atoms with Crippen molar-refractivity contribution in [1.29, 1.82) is 0 Å². The first kappa shape index (κ1) is 17.3. The molecular weight excluding hydrogens is 344 g/mol. The van der Waals surface area contributed by atoms with E-state index >= 15 is 0 Å². The smallest absolute Gasteiger partial charge is 0.251 e. The van der Waals surface area contributed by atoms with Gasteiger partial charge in [-0.3, -0.25) is 9.69 Å². The molecule has 3 aliphatic rings. The third-order valence-corrected chi connectivity index (χ3v) is 6.68. The molecule has 0 aromatic carbocycles. The maximum Gasteiger partial charge on any atom is 0.251 e. The molecule has 1 aliphatic carbocycles. The molecule has 3 fully saturated rings. The minimum atomic E-state index is -2.59. The van der Waals surface area contributed by atoms with Crippen LogP contribution in [0, 0.1) is 5.92 Å². The summed E-state index contributed by atoms with van der Waals surface area (Å²) in [4.78, 5) is 21.3. The average Bonchev–Trinajstić information content (AvgIpc) is 3.35. The van der Waals surface area contributed by atoms with Gasteiger partial charge in [-0.1, -0.05) is 0 Å². The highest BCUT2D eigenvalue weighted by molar-refractivity contribution is 7.09. The van der Waals surface area contributed by atoms with Crippen LogP contribution in [0.5, 0.6) is 0 Å². The van der Waals surface area contributed by atoms with Crippen LogP contribution in [0.4, 0.5) is 8.78 Å². The summed E-state index contributed by atoms with van der Waals surface area (Å²) in [6, 6.07) is 0. The lowest BCUT2D eigenvalue weighted by Crippen LogP contribution is -2.47. The van der Waals surface area contributed by atoms with E-state index < -0.39 is 5.92 Å². The number of piperidine rings is 2. The van der Waals surface area contributed by atoms with Gasteiger partial charge >= 0.3 is 0 Å². The highest BCUT2D eigenvalue weighted by Crippen LogP contribution is 2.41. The lowest BCUT2D eigenvalue weighted by atomic mass is 9.94. The summed E-state index contributed by atoms with van der Waals surface area (Å²) in [6.45, 7) is 3.04. The Bertz CT molecular complexity index is 614. The molecule has 1 amide bonds. The molecule has 0 atom stereocenters. The van der Waals surface area contributed by atoms with Crippen LogP contribution >= 0.6 is 11.3 Å². The van der Waals surface area contributed by atoms with Crippen molar-refractivity contribution in [1.82, 2.24) is 14.8 Å². The highest BCUT2D eigenvalue weighted by atomic mass is 32.1. The van der Waals surface area contributed by atoms with E-state index in [1.165, 1.54) is 17.8 Å². The molecule has 138 valence electrons. The zero-order chi connectivity index (χ0) is 17.4. The summed E-state index contributed by atoms with van der Waals surface area (Å²) < 4.78 is 26.5. The lowest BCUT2D eigenvalue weighted by Gasteiger charge is -2.37. The van der Waals surface area contributed by atoms with E-state index in [1.54, 1.807) is 16.2 Å². The number of halogens is 2. The molecule has 2 saturated heterocycles. The summed E-state index contributed by atoms with van der Waals surface area (Å²) >= 11 is 1.77. The molecular formula is C18H25F2N3OS. The summed E-state index contributed by atoms with van der Waals surface area (Å²) in [5.74, 6) is -1.80. The Balaban J connectivity index is 1.24. The number of carbonyl (C=O) groups is 1. The zero-order valence-electron chi connectivity index (χ0n) is 14.4. The van der Waals surface area contributed by atoms with E-state index in [1.807, 2.05) is 0 Å². The highest BCUT2D eigenvalue weighted by Gasteiger charge is 2.38. The molecule has 3 heterocycles. The van der Waals surface area contributed by atoms with Gasteiger partial charge in [-0.25, -0.2) is 13.8 Å². The zero-order valence-corrected chi connectivity index (χ0v) is 15.2. The maximum atomic E-state index is 13.2. The monoisotopic (exact) mass is 369 g/mol. The molecule has 0 N–H and O–H groups in total. The molecule has 0 radical (unpaired) electrons. The van der Waals surface area contributed by atoms with E-state index in [0.717, 1.165) is 38.2 Å². The fraction of sp³-hybridized carbons (Fsp3) is 0.778. The topological polar surface area (TPSA) is 36.4 Å². The Morgan fingerprint density at radius 2 is 1.84 bits per heavy atom. The van der Waals surface area contributed by atoms with Crippen molar-refractivity contribution < 1.29 is 13.6 Å². The van der Waals surface area contributed by atoms with Crippen molar-refractivity contribution >= 4 is 17.2 Å². The molecule has 4 rings (SSSR count). The molecule has 1 saturated carbocycles. The quantitative estimate of drug-likeness (QED) is 0.815. The van der Waals surface area contributed by atoms with Gasteiger partial charge in [0.2, 0.25) is 5.91 Å². The second-order valence-corrected chi connectivity index (χ2v) is 8.57. The van der Waals surface area contributed by atoms with Gasteiger partial charge < -0.3 is 4.90 Å². The summed E-state index contributed by atoms with van der Waals surface area (Å²) in [5.41, 5.74) is 1.15. The maximum absolute atomic E-state index is 13.2. The van der Waals surface area contributed by atoms with Crippen LogP contribution in [0.1, 0.15) is 55.1 Å². The summed E-state index contributed by atoms with van der Waals surface area (Å²) in [6.07, 6.45) is 3.83. The van der Waals surface area contributed by atoms with E-state index in [-0.39, 0.29) is 37.8 Å². The normalized spacial score (nSPS) is 25.3. The Labute approximate surface area is 151 Å². The average molecular weight is 369 g/mol. The van der Waals surface area contributed by atoms with Crippen LogP contribution < -0.4 is 0 Å². The lowest BCUT2D eigenvalue weighted by molar-refractivity contribution is -0.143. The molecule has 1 aromatic rings. The predicted octanol–water partition coefficient (Wildman–Crippen LogP) is 3.49. The van der Waals surface area contributed by atoms with E-state index in [2.05, 4.69) is 10.3 Å². The molecule has 0 spiro atoms. The number of rotatable bonds is 4. The van der Waals surface area contributed by atoms with Gasteiger partial charge in [0.25, 0.3) is 5.92 Å². The summed E-state index contributed by atoms with van der Waals surface area (Å²) in [7, 11) is 0. The van der Waals surface area contributed by atoms with Crippen molar-refractivity contribution in [3.8, 4) is 0 Å². The van der Waals surface area contributed by atoms with Crippen molar-refractivity contribution in [2.45, 2.75) is 56.9 Å². The van der Waals surface area contributed by atoms with Gasteiger partial charge in [-0.15, -0.1) is 11.3 Å². The SMILES string of the molecule is O=C(C1CCN(Cc2csc(C3CC3)n2)CC1)N1CCC(F)(F)CC1. The number of amides is 1. The van der Waals surface area contributed by atoms with Gasteiger partial charge in [0.15, 0.2) is 0 Å². The van der Waals surface area contributed by atoms with Crippen LogP contribution in [0.15, 0.2) is 5.38 Å². The minimum Gasteiger partial charge on any atom is -0.342 e. The van der Waals surface area contributed by atoms with E-state index in [4.69, 9.17) is 4.98 Å². The number of likely N-dealkylation sites (tertiary alicyclic amines) is 2. The van der Waals surface area contributed by atoms with Crippen molar-refractivity contribution in [2.24, 2.45) is 5.92 Å². The summed E-state index contributed by atoms with van der Waals surface area (Å²) in [5, 5.41) is 3.45. The Morgan fingerprint density at radius 3 is 2.48 bits per heavy atom. The molecule has 2 aliphatic heterocycles. The first-order valence-corrected chi connectivity index (χ1v) is 10.2. The number of aromatic nitrogens is 1. The van der Waals surface area contributed by atoms with Gasteiger partial charge in [-0.05, 0) is 38.8 Å². The van der Waals surface area contributed by atoms with Crippen LogP contribution in [-0.4, -0.2) is 52.8 Å². The Morgan fingerprint density at radius 1 is 1.16 bits per heavy atom. The fourth-order valence-corrected chi connectivity index (χ4v) is 4.77. The van der Waals surface area contributed by atoms with Crippen molar-refractivity contribution in [3.05, 3.63) is 16.1 Å². The van der Waals surface area contributed by atoms with Gasteiger partial charge in [0.1, 0.15) is 0 Å². The number of thiazole rings is 1. The van der Waals surface area contributed by atoms with Crippen LogP contribution in [0.3, 0.4) is 0 Å². The van der Waals surface area contributed by atoms with Crippen molar-refractivity contribution in [3.63, 3.8) is 0 Å². The number of nitrogens with zero attached hydrogens (tertiary/aromatic N) is 3. The first-order valence-electron chi connectivity index (χ1n) is 9.33. The standard InChI is InChI=1S/C18H25F2N3OS/c19-18(20)5-9-23(10-6-18)17(24)14-3-7-22(8-4-14)11-15-12-25-16(21-15)13-1-2-13/h12-14H,1-11H2. The number of hydrogen-bond acceptors (Lipinski definition) is 4. The Hall–Kier alpha value is -1.08. The molecule has 1 aromatic heterocycles.